The van der Waals surface area contributed by atoms with Crippen LogP contribution in [0, 0.1) is 5.82 Å². The van der Waals surface area contributed by atoms with Crippen LogP contribution in [-0.4, -0.2) is 78.6 Å². The molecule has 3 aromatic rings. The van der Waals surface area contributed by atoms with Crippen molar-refractivity contribution >= 4 is 17.3 Å². The van der Waals surface area contributed by atoms with Gasteiger partial charge in [0.1, 0.15) is 41.7 Å². The SMILES string of the molecule is Nc1ccc(F)cc1NC(=O)CCCCCCn1cc(-c2ccc(O[C@H]3O[C@H](CO)[C@@H](O)[C@H](O)[C@H]3O)cc2)nn1. The quantitative estimate of drug-likeness (QED) is 0.140. The fraction of sp³-hybridized carbons (Fsp3) is 0.444. The van der Waals surface area contributed by atoms with E-state index in [1.54, 1.807) is 28.9 Å². The average molecular weight is 560 g/mol. The van der Waals surface area contributed by atoms with Gasteiger partial charge in [-0.25, -0.2) is 4.39 Å². The van der Waals surface area contributed by atoms with Gasteiger partial charge in [-0.15, -0.1) is 5.10 Å². The Balaban J connectivity index is 1.17. The number of amides is 1. The third-order valence-corrected chi connectivity index (χ3v) is 6.62. The van der Waals surface area contributed by atoms with Gasteiger partial charge in [0, 0.05) is 18.5 Å². The number of ether oxygens (including phenoxy) is 2. The van der Waals surface area contributed by atoms with E-state index in [-0.39, 0.29) is 11.6 Å². The number of halogens is 1. The molecule has 216 valence electrons. The number of unbranched alkanes of at least 4 members (excludes halogenated alkanes) is 3. The van der Waals surface area contributed by atoms with E-state index in [0.29, 0.717) is 36.5 Å². The molecule has 1 aromatic heterocycles. The van der Waals surface area contributed by atoms with E-state index in [1.807, 2.05) is 6.20 Å². The number of aliphatic hydroxyl groups is 4. The van der Waals surface area contributed by atoms with Gasteiger partial charge in [0.05, 0.1) is 24.2 Å². The highest BCUT2D eigenvalue weighted by Crippen LogP contribution is 2.26. The van der Waals surface area contributed by atoms with Crippen LogP contribution in [0.4, 0.5) is 15.8 Å². The second-order valence-corrected chi connectivity index (χ2v) is 9.65. The highest BCUT2D eigenvalue weighted by Gasteiger charge is 2.44. The Bertz CT molecular complexity index is 1260. The van der Waals surface area contributed by atoms with Crippen molar-refractivity contribution in [3.05, 3.63) is 54.5 Å². The summed E-state index contributed by atoms with van der Waals surface area (Å²) < 4.78 is 26.0. The van der Waals surface area contributed by atoms with E-state index in [9.17, 15) is 29.6 Å². The number of nitrogens with two attached hydrogens (primary N) is 1. The first-order valence-electron chi connectivity index (χ1n) is 13.1. The summed E-state index contributed by atoms with van der Waals surface area (Å²) >= 11 is 0. The van der Waals surface area contributed by atoms with Crippen LogP contribution in [0.15, 0.2) is 48.7 Å². The first kappa shape index (κ1) is 29.4. The van der Waals surface area contributed by atoms with Gasteiger partial charge in [0.25, 0.3) is 0 Å². The number of anilines is 2. The summed E-state index contributed by atoms with van der Waals surface area (Å²) in [6.45, 7) is 0.127. The van der Waals surface area contributed by atoms with Crippen LogP contribution in [0.25, 0.3) is 11.3 Å². The molecule has 1 aliphatic rings. The molecule has 0 aliphatic carbocycles. The Morgan fingerprint density at radius 1 is 1.05 bits per heavy atom. The van der Waals surface area contributed by atoms with Crippen LogP contribution in [0.1, 0.15) is 32.1 Å². The number of carbonyl (C=O) groups is 1. The fourth-order valence-electron chi connectivity index (χ4n) is 4.31. The second kappa shape index (κ2) is 13.6. The summed E-state index contributed by atoms with van der Waals surface area (Å²) in [6.07, 6.45) is -1.33. The van der Waals surface area contributed by atoms with E-state index in [4.69, 9.17) is 15.2 Å². The molecule has 1 saturated heterocycles. The molecule has 1 fully saturated rings. The largest absolute Gasteiger partial charge is 0.462 e. The van der Waals surface area contributed by atoms with Gasteiger partial charge in [-0.05, 0) is 55.3 Å². The molecule has 5 atom stereocenters. The lowest BCUT2D eigenvalue weighted by Gasteiger charge is -2.39. The summed E-state index contributed by atoms with van der Waals surface area (Å²) in [4.78, 5) is 12.1. The van der Waals surface area contributed by atoms with E-state index in [2.05, 4.69) is 15.6 Å². The molecule has 0 spiro atoms. The highest BCUT2D eigenvalue weighted by atomic mass is 19.1. The molecule has 12 nitrogen and oxygen atoms in total. The molecular weight excluding hydrogens is 525 g/mol. The van der Waals surface area contributed by atoms with Crippen LogP contribution >= 0.6 is 0 Å². The van der Waals surface area contributed by atoms with Gasteiger partial charge >= 0.3 is 0 Å². The Morgan fingerprint density at radius 3 is 2.55 bits per heavy atom. The van der Waals surface area contributed by atoms with Crippen molar-refractivity contribution in [3.63, 3.8) is 0 Å². The molecule has 0 radical (unpaired) electrons. The van der Waals surface area contributed by atoms with Crippen molar-refractivity contribution in [1.82, 2.24) is 15.0 Å². The predicted molar refractivity (Wildman–Crippen MR) is 142 cm³/mol. The molecule has 13 heteroatoms. The highest BCUT2D eigenvalue weighted by molar-refractivity contribution is 5.93. The van der Waals surface area contributed by atoms with Crippen LogP contribution < -0.4 is 15.8 Å². The van der Waals surface area contributed by atoms with Gasteiger partial charge < -0.3 is 41.0 Å². The maximum atomic E-state index is 13.3. The first-order chi connectivity index (χ1) is 19.2. The second-order valence-electron chi connectivity index (χ2n) is 9.65. The van der Waals surface area contributed by atoms with E-state index >= 15 is 0 Å². The van der Waals surface area contributed by atoms with Gasteiger partial charge in [-0.1, -0.05) is 18.1 Å². The predicted octanol–water partition coefficient (Wildman–Crippen LogP) is 1.43. The minimum atomic E-state index is -1.52. The molecule has 0 bridgehead atoms. The van der Waals surface area contributed by atoms with E-state index in [0.717, 1.165) is 24.8 Å². The van der Waals surface area contributed by atoms with Crippen molar-refractivity contribution in [2.24, 2.45) is 0 Å². The Morgan fingerprint density at radius 2 is 1.80 bits per heavy atom. The minimum absolute atomic E-state index is 0.206. The zero-order chi connectivity index (χ0) is 28.6. The molecule has 4 rings (SSSR count). The third kappa shape index (κ3) is 7.52. The number of hydrogen-bond donors (Lipinski definition) is 6. The van der Waals surface area contributed by atoms with Gasteiger partial charge in [-0.2, -0.15) is 0 Å². The molecule has 0 saturated carbocycles. The molecule has 2 aromatic carbocycles. The van der Waals surface area contributed by atoms with Crippen molar-refractivity contribution in [2.75, 3.05) is 17.7 Å². The first-order valence-corrected chi connectivity index (χ1v) is 13.1. The number of aryl methyl sites for hydroxylation is 1. The summed E-state index contributed by atoms with van der Waals surface area (Å²) in [5, 5.41) is 50.2. The molecule has 0 unspecified atom stereocenters. The Kier molecular flexibility index (Phi) is 10.0. The molecular formula is C27H34FN5O7. The minimum Gasteiger partial charge on any atom is -0.462 e. The van der Waals surface area contributed by atoms with Gasteiger partial charge in [0.2, 0.25) is 12.2 Å². The molecule has 1 aliphatic heterocycles. The summed E-state index contributed by atoms with van der Waals surface area (Å²) in [7, 11) is 0. The van der Waals surface area contributed by atoms with Crippen LogP contribution in [0.3, 0.4) is 0 Å². The number of nitrogen functional groups attached to an aromatic ring is 1. The number of nitrogens with one attached hydrogen (secondary N) is 1. The number of benzene rings is 2. The fourth-order valence-corrected chi connectivity index (χ4v) is 4.31. The molecule has 7 N–H and O–H groups in total. The zero-order valence-corrected chi connectivity index (χ0v) is 21.8. The lowest BCUT2D eigenvalue weighted by atomic mass is 9.99. The summed E-state index contributed by atoms with van der Waals surface area (Å²) in [5.41, 5.74) is 7.80. The number of aromatic nitrogens is 3. The number of carbonyl (C=O) groups excluding carboxylic acids is 1. The lowest BCUT2D eigenvalue weighted by Crippen LogP contribution is -2.60. The standard InChI is InChI=1S/C27H34FN5O7/c28-17-8-11-19(29)20(13-17)30-23(35)5-3-1-2-4-12-33-14-21(31-32-33)16-6-9-18(10-7-16)39-27-26(38)25(37)24(36)22(15-34)40-27/h6-11,13-14,22,24-27,34,36-38H,1-5,12,15,29H2,(H,30,35)/t22-,24-,25+,26-,27+/m1/s1. The van der Waals surface area contributed by atoms with Gasteiger partial charge in [-0.3, -0.25) is 9.48 Å². The molecule has 2 heterocycles. The molecule has 1 amide bonds. The van der Waals surface area contributed by atoms with Crippen molar-refractivity contribution in [1.29, 1.82) is 0 Å². The van der Waals surface area contributed by atoms with Crippen LogP contribution in [0.2, 0.25) is 0 Å². The monoisotopic (exact) mass is 559 g/mol. The maximum absolute atomic E-state index is 13.3. The van der Waals surface area contributed by atoms with Crippen molar-refractivity contribution in [2.45, 2.75) is 69.4 Å². The topological polar surface area (TPSA) is 185 Å². The van der Waals surface area contributed by atoms with Crippen LogP contribution in [-0.2, 0) is 16.1 Å². The number of aliphatic hydroxyl groups excluding tert-OH is 4. The van der Waals surface area contributed by atoms with Crippen LogP contribution in [0.5, 0.6) is 5.75 Å². The normalized spacial score (nSPS) is 22.7. The van der Waals surface area contributed by atoms with Crippen molar-refractivity contribution < 1.29 is 39.1 Å². The van der Waals surface area contributed by atoms with E-state index < -0.39 is 43.1 Å². The summed E-state index contributed by atoms with van der Waals surface area (Å²) in [5.74, 6) is -0.310. The number of nitrogens with zero attached hydrogens (tertiary/aromatic N) is 3. The van der Waals surface area contributed by atoms with E-state index in [1.165, 1.54) is 18.2 Å². The third-order valence-electron chi connectivity index (χ3n) is 6.62. The molecule has 40 heavy (non-hydrogen) atoms. The smallest absolute Gasteiger partial charge is 0.229 e. The number of hydrogen-bond acceptors (Lipinski definition) is 10. The van der Waals surface area contributed by atoms with Gasteiger partial charge in [0.15, 0.2) is 0 Å². The lowest BCUT2D eigenvalue weighted by molar-refractivity contribution is -0.277. The Labute approximate surface area is 230 Å². The number of rotatable bonds is 12. The Hall–Kier alpha value is -3.62. The zero-order valence-electron chi connectivity index (χ0n) is 21.8. The maximum Gasteiger partial charge on any atom is 0.229 e. The van der Waals surface area contributed by atoms with Crippen molar-refractivity contribution in [3.8, 4) is 17.0 Å². The summed E-state index contributed by atoms with van der Waals surface area (Å²) in [6, 6.07) is 10.7. The average Bonchev–Trinajstić information content (AvgIpc) is 3.42.